The summed E-state index contributed by atoms with van der Waals surface area (Å²) in [6.45, 7) is 3.00. The summed E-state index contributed by atoms with van der Waals surface area (Å²) in [5, 5.41) is 4.48. The quantitative estimate of drug-likeness (QED) is 0.670. The molecule has 28 heavy (non-hydrogen) atoms. The van der Waals surface area contributed by atoms with E-state index >= 15 is 0 Å². The van der Waals surface area contributed by atoms with E-state index in [0.717, 1.165) is 22.7 Å². The minimum Gasteiger partial charge on any atom is -0.466 e. The van der Waals surface area contributed by atoms with Gasteiger partial charge in [-0.3, -0.25) is 14.4 Å². The van der Waals surface area contributed by atoms with Crippen LogP contribution in [0.4, 0.5) is 0 Å². The Morgan fingerprint density at radius 2 is 2.18 bits per heavy atom. The molecule has 1 fully saturated rings. The van der Waals surface area contributed by atoms with Crippen LogP contribution in [0.15, 0.2) is 22.9 Å². The molecule has 0 spiro atoms. The summed E-state index contributed by atoms with van der Waals surface area (Å²) in [4.78, 5) is 45.6. The number of likely N-dealkylation sites (tertiary alicyclic amines) is 1. The normalized spacial score (nSPS) is 16.6. The molecule has 2 amide bonds. The van der Waals surface area contributed by atoms with Gasteiger partial charge in [-0.25, -0.2) is 4.98 Å². The average molecular weight is 422 g/mol. The largest absolute Gasteiger partial charge is 0.466 e. The zero-order chi connectivity index (χ0) is 20.1. The summed E-state index contributed by atoms with van der Waals surface area (Å²) in [7, 11) is 1.59. The summed E-state index contributed by atoms with van der Waals surface area (Å²) in [5.41, 5.74) is 0.340. The van der Waals surface area contributed by atoms with Crippen molar-refractivity contribution in [2.45, 2.75) is 19.8 Å². The molecule has 3 heterocycles. The number of ether oxygens (including phenoxy) is 1. The van der Waals surface area contributed by atoms with Crippen molar-refractivity contribution in [2.24, 2.45) is 5.92 Å². The van der Waals surface area contributed by atoms with Gasteiger partial charge in [0.05, 0.1) is 23.9 Å². The number of hydrogen-bond donors (Lipinski definition) is 0. The summed E-state index contributed by atoms with van der Waals surface area (Å²) >= 11 is 2.98. The fraction of sp³-hybridized carbons (Fsp3) is 0.474. The fourth-order valence-corrected chi connectivity index (χ4v) is 4.72. The number of piperidine rings is 1. The van der Waals surface area contributed by atoms with Gasteiger partial charge in [0, 0.05) is 25.5 Å². The lowest BCUT2D eigenvalue weighted by Crippen LogP contribution is -2.47. The number of likely N-dealkylation sites (N-methyl/N-ethyl adjacent to an activating group) is 1. The zero-order valence-electron chi connectivity index (χ0n) is 15.9. The Hall–Kier alpha value is -2.26. The van der Waals surface area contributed by atoms with Crippen LogP contribution >= 0.6 is 22.7 Å². The van der Waals surface area contributed by atoms with Crippen LogP contribution in [0, 0.1) is 5.92 Å². The maximum atomic E-state index is 12.6. The molecule has 7 nitrogen and oxygen atoms in total. The third-order valence-corrected chi connectivity index (χ3v) is 6.45. The lowest BCUT2D eigenvalue weighted by atomic mass is 9.98. The third kappa shape index (κ3) is 4.77. The van der Waals surface area contributed by atoms with Gasteiger partial charge in [0.2, 0.25) is 5.91 Å². The third-order valence-electron chi connectivity index (χ3n) is 4.57. The second kappa shape index (κ2) is 9.29. The van der Waals surface area contributed by atoms with Crippen molar-refractivity contribution in [3.05, 3.63) is 28.6 Å². The predicted octanol–water partition coefficient (Wildman–Crippen LogP) is 2.75. The Balaban J connectivity index is 1.57. The molecule has 0 bridgehead atoms. The number of rotatable bonds is 6. The first-order valence-corrected chi connectivity index (χ1v) is 10.9. The molecule has 3 rings (SSSR count). The van der Waals surface area contributed by atoms with Crippen LogP contribution in [-0.4, -0.2) is 65.9 Å². The SMILES string of the molecule is CCOC(=O)C1CCCN(C(=O)CN(C)C(=O)c2csc(-c3cccs3)n2)C1. The molecule has 0 aliphatic carbocycles. The highest BCUT2D eigenvalue weighted by atomic mass is 32.1. The van der Waals surface area contributed by atoms with Gasteiger partial charge in [0.25, 0.3) is 5.91 Å². The van der Waals surface area contributed by atoms with Crippen molar-refractivity contribution in [1.29, 1.82) is 0 Å². The minimum absolute atomic E-state index is 0.0414. The number of aromatic nitrogens is 1. The number of carbonyl (C=O) groups is 3. The number of hydrogen-bond acceptors (Lipinski definition) is 7. The van der Waals surface area contributed by atoms with Crippen molar-refractivity contribution in [3.63, 3.8) is 0 Å². The Morgan fingerprint density at radius 3 is 2.89 bits per heavy atom. The summed E-state index contributed by atoms with van der Waals surface area (Å²) in [6, 6.07) is 3.90. The highest BCUT2D eigenvalue weighted by molar-refractivity contribution is 7.20. The summed E-state index contributed by atoms with van der Waals surface area (Å²) in [6.07, 6.45) is 1.48. The van der Waals surface area contributed by atoms with Gasteiger partial charge in [-0.2, -0.15) is 0 Å². The summed E-state index contributed by atoms with van der Waals surface area (Å²) < 4.78 is 5.07. The second-order valence-electron chi connectivity index (χ2n) is 6.61. The van der Waals surface area contributed by atoms with Gasteiger partial charge in [-0.15, -0.1) is 22.7 Å². The lowest BCUT2D eigenvalue weighted by Gasteiger charge is -2.32. The van der Waals surface area contributed by atoms with E-state index in [0.29, 0.717) is 25.4 Å². The minimum atomic E-state index is -0.287. The van der Waals surface area contributed by atoms with Crippen molar-refractivity contribution in [1.82, 2.24) is 14.8 Å². The van der Waals surface area contributed by atoms with Crippen LogP contribution in [0.1, 0.15) is 30.3 Å². The first kappa shape index (κ1) is 20.5. The molecule has 1 aliphatic rings. The second-order valence-corrected chi connectivity index (χ2v) is 8.41. The van der Waals surface area contributed by atoms with E-state index in [-0.39, 0.29) is 30.2 Å². The molecule has 2 aromatic rings. The average Bonchev–Trinajstić information content (AvgIpc) is 3.39. The lowest BCUT2D eigenvalue weighted by molar-refractivity contribution is -0.151. The van der Waals surface area contributed by atoms with Crippen molar-refractivity contribution in [3.8, 4) is 9.88 Å². The van der Waals surface area contributed by atoms with Crippen LogP contribution in [0.3, 0.4) is 0 Å². The summed E-state index contributed by atoms with van der Waals surface area (Å²) in [5.74, 6) is -0.997. The van der Waals surface area contributed by atoms with Crippen LogP contribution in [0.2, 0.25) is 0 Å². The Labute approximate surface area is 171 Å². The van der Waals surface area contributed by atoms with E-state index in [4.69, 9.17) is 4.74 Å². The molecular weight excluding hydrogens is 398 g/mol. The topological polar surface area (TPSA) is 79.8 Å². The predicted molar refractivity (Wildman–Crippen MR) is 108 cm³/mol. The monoisotopic (exact) mass is 421 g/mol. The Kier molecular flexibility index (Phi) is 6.79. The molecule has 0 radical (unpaired) electrons. The number of esters is 1. The van der Waals surface area contributed by atoms with Gasteiger partial charge >= 0.3 is 5.97 Å². The van der Waals surface area contributed by atoms with E-state index in [1.165, 1.54) is 16.2 Å². The van der Waals surface area contributed by atoms with Crippen LogP contribution in [-0.2, 0) is 14.3 Å². The molecule has 2 aromatic heterocycles. The van der Waals surface area contributed by atoms with Gasteiger partial charge < -0.3 is 14.5 Å². The molecule has 0 aromatic carbocycles. The number of thiazole rings is 1. The molecule has 1 atom stereocenters. The van der Waals surface area contributed by atoms with E-state index in [1.807, 2.05) is 17.5 Å². The molecule has 0 N–H and O–H groups in total. The van der Waals surface area contributed by atoms with Gasteiger partial charge in [-0.05, 0) is 31.2 Å². The van der Waals surface area contributed by atoms with Crippen LogP contribution in [0.5, 0.6) is 0 Å². The van der Waals surface area contributed by atoms with Gasteiger partial charge in [-0.1, -0.05) is 6.07 Å². The molecule has 9 heteroatoms. The number of nitrogens with zero attached hydrogens (tertiary/aromatic N) is 3. The van der Waals surface area contributed by atoms with E-state index in [2.05, 4.69) is 4.98 Å². The van der Waals surface area contributed by atoms with Gasteiger partial charge in [0.1, 0.15) is 10.7 Å². The number of thiophene rings is 1. The Bertz CT molecular complexity index is 834. The standard InChI is InChI=1S/C19H23N3O4S2/c1-3-26-19(25)13-6-4-8-22(10-13)16(23)11-21(2)18(24)14-12-28-17(20-14)15-7-5-9-27-15/h5,7,9,12-13H,3-4,6,8,10-11H2,1-2H3. The maximum Gasteiger partial charge on any atom is 0.310 e. The highest BCUT2D eigenvalue weighted by Crippen LogP contribution is 2.28. The van der Waals surface area contributed by atoms with Crippen molar-refractivity contribution >= 4 is 40.5 Å². The highest BCUT2D eigenvalue weighted by Gasteiger charge is 2.30. The smallest absolute Gasteiger partial charge is 0.310 e. The van der Waals surface area contributed by atoms with Crippen molar-refractivity contribution < 1.29 is 19.1 Å². The zero-order valence-corrected chi connectivity index (χ0v) is 17.6. The van der Waals surface area contributed by atoms with E-state index in [9.17, 15) is 14.4 Å². The first-order chi connectivity index (χ1) is 13.5. The molecule has 1 unspecified atom stereocenters. The maximum absolute atomic E-state index is 12.6. The molecule has 150 valence electrons. The molecular formula is C19H23N3O4S2. The molecule has 1 saturated heterocycles. The Morgan fingerprint density at radius 1 is 1.36 bits per heavy atom. The van der Waals surface area contributed by atoms with Crippen LogP contribution in [0.25, 0.3) is 9.88 Å². The fourth-order valence-electron chi connectivity index (χ4n) is 3.11. The van der Waals surface area contributed by atoms with Crippen molar-refractivity contribution in [2.75, 3.05) is 33.3 Å². The first-order valence-electron chi connectivity index (χ1n) is 9.18. The van der Waals surface area contributed by atoms with Gasteiger partial charge in [0.15, 0.2) is 0 Å². The molecule has 0 saturated carbocycles. The molecule has 1 aliphatic heterocycles. The van der Waals surface area contributed by atoms with Crippen LogP contribution < -0.4 is 0 Å². The number of amides is 2. The number of carbonyl (C=O) groups excluding carboxylic acids is 3. The van der Waals surface area contributed by atoms with E-state index < -0.39 is 0 Å². The van der Waals surface area contributed by atoms with E-state index in [1.54, 1.807) is 35.6 Å².